The third-order valence-corrected chi connectivity index (χ3v) is 6.92. The largest absolute Gasteiger partial charge is 0.435 e. The highest BCUT2D eigenvalue weighted by molar-refractivity contribution is 5.90. The molecule has 4 aromatic rings. The number of nitrogens with one attached hydrogen (secondary N) is 2. The number of carbonyl (C=O) groups is 1. The predicted octanol–water partition coefficient (Wildman–Crippen LogP) is 6.28. The van der Waals surface area contributed by atoms with Crippen molar-refractivity contribution in [2.45, 2.75) is 52.2 Å². The summed E-state index contributed by atoms with van der Waals surface area (Å²) in [5, 5.41) is 3.66. The summed E-state index contributed by atoms with van der Waals surface area (Å²) in [5.74, 6) is 0.371. The number of benzene rings is 2. The Hall–Kier alpha value is -4.01. The lowest BCUT2D eigenvalue weighted by molar-refractivity contribution is -0.0498. The molecule has 5 rings (SSSR count). The highest BCUT2D eigenvalue weighted by Crippen LogP contribution is 2.37. The summed E-state index contributed by atoms with van der Waals surface area (Å²) in [5.41, 5.74) is 4.92. The van der Waals surface area contributed by atoms with Crippen LogP contribution in [0.25, 0.3) is 11.0 Å². The Morgan fingerprint density at radius 3 is 2.65 bits per heavy atom. The van der Waals surface area contributed by atoms with E-state index in [1.54, 1.807) is 36.7 Å². The highest BCUT2D eigenvalue weighted by atomic mass is 19.3. The van der Waals surface area contributed by atoms with Crippen molar-refractivity contribution in [3.8, 4) is 11.5 Å². The molecule has 2 N–H and O–H groups in total. The second-order valence-corrected chi connectivity index (χ2v) is 9.42. The molecule has 0 bridgehead atoms. The second-order valence-electron chi connectivity index (χ2n) is 9.42. The van der Waals surface area contributed by atoms with Crippen LogP contribution in [0.15, 0.2) is 54.9 Å². The van der Waals surface area contributed by atoms with Gasteiger partial charge in [0.05, 0.1) is 17.2 Å². The molecule has 2 aromatic carbocycles. The van der Waals surface area contributed by atoms with Gasteiger partial charge in [-0.2, -0.15) is 8.78 Å². The van der Waals surface area contributed by atoms with Gasteiger partial charge in [0.15, 0.2) is 0 Å². The molecule has 1 saturated carbocycles. The summed E-state index contributed by atoms with van der Waals surface area (Å²) < 4.78 is 35.5. The number of aromatic nitrogens is 3. The van der Waals surface area contributed by atoms with E-state index in [0.717, 1.165) is 27.9 Å². The topological polar surface area (TPSA) is 89.1 Å². The van der Waals surface area contributed by atoms with E-state index in [2.05, 4.69) is 31.9 Å². The molecule has 0 spiro atoms. The van der Waals surface area contributed by atoms with Crippen molar-refractivity contribution in [2.24, 2.45) is 5.92 Å². The quantitative estimate of drug-likeness (QED) is 0.205. The number of aromatic amines is 1. The standard InChI is InChI=1S/C28H28F2N4O3/c1-16-6-11-24(37-27(35)26-32-15-23-22(34-26)12-13-31-23)21(25(16)33-17(2)19-4-3-5-19)14-18-7-9-20(10-8-18)36-28(29)30/h6-13,15,17,19,28,31,33H,3-5,14H2,1-2H3/t17-/m1/s1. The van der Waals surface area contributed by atoms with Crippen LogP contribution in [0.3, 0.4) is 0 Å². The summed E-state index contributed by atoms with van der Waals surface area (Å²) >= 11 is 0. The molecule has 37 heavy (non-hydrogen) atoms. The molecule has 1 fully saturated rings. The zero-order valence-electron chi connectivity index (χ0n) is 20.6. The van der Waals surface area contributed by atoms with Crippen molar-refractivity contribution < 1.29 is 23.0 Å². The van der Waals surface area contributed by atoms with Crippen LogP contribution in [0.1, 0.15) is 53.5 Å². The van der Waals surface area contributed by atoms with Gasteiger partial charge in [-0.3, -0.25) is 0 Å². The minimum absolute atomic E-state index is 0.0375. The van der Waals surface area contributed by atoms with Gasteiger partial charge in [-0.25, -0.2) is 14.8 Å². The average molecular weight is 507 g/mol. The van der Waals surface area contributed by atoms with Crippen LogP contribution in [-0.2, 0) is 6.42 Å². The summed E-state index contributed by atoms with van der Waals surface area (Å²) in [7, 11) is 0. The fraction of sp³-hybridized carbons (Fsp3) is 0.321. The number of H-pyrrole nitrogens is 1. The maximum atomic E-state index is 13.0. The number of hydrogen-bond donors (Lipinski definition) is 2. The fourth-order valence-electron chi connectivity index (χ4n) is 4.58. The van der Waals surface area contributed by atoms with Crippen molar-refractivity contribution in [1.82, 2.24) is 15.0 Å². The van der Waals surface area contributed by atoms with Crippen molar-refractivity contribution >= 4 is 22.7 Å². The van der Waals surface area contributed by atoms with Crippen LogP contribution in [-0.4, -0.2) is 33.6 Å². The number of halogens is 2. The third kappa shape index (κ3) is 5.55. The molecular formula is C28H28F2N4O3. The molecule has 9 heteroatoms. The zero-order chi connectivity index (χ0) is 25.9. The minimum Gasteiger partial charge on any atom is -0.435 e. The normalized spacial score (nSPS) is 14.4. The Balaban J connectivity index is 1.46. The lowest BCUT2D eigenvalue weighted by Crippen LogP contribution is -2.31. The van der Waals surface area contributed by atoms with Gasteiger partial charge in [0.1, 0.15) is 11.5 Å². The Kier molecular flexibility index (Phi) is 7.03. The van der Waals surface area contributed by atoms with Gasteiger partial charge in [0.2, 0.25) is 5.82 Å². The van der Waals surface area contributed by atoms with E-state index in [9.17, 15) is 13.6 Å². The Bertz CT molecular complexity index is 1400. The van der Waals surface area contributed by atoms with E-state index in [0.29, 0.717) is 23.6 Å². The number of rotatable bonds is 9. The molecule has 192 valence electrons. The maximum Gasteiger partial charge on any atom is 0.387 e. The van der Waals surface area contributed by atoms with Gasteiger partial charge in [0, 0.05) is 29.9 Å². The van der Waals surface area contributed by atoms with E-state index >= 15 is 0 Å². The molecule has 0 saturated heterocycles. The molecule has 7 nitrogen and oxygen atoms in total. The molecule has 0 unspecified atom stereocenters. The van der Waals surface area contributed by atoms with Gasteiger partial charge in [0.25, 0.3) is 0 Å². The number of hydrogen-bond acceptors (Lipinski definition) is 6. The highest BCUT2D eigenvalue weighted by Gasteiger charge is 2.26. The summed E-state index contributed by atoms with van der Waals surface area (Å²) in [4.78, 5) is 24.5. The Morgan fingerprint density at radius 2 is 1.95 bits per heavy atom. The third-order valence-electron chi connectivity index (χ3n) is 6.92. The van der Waals surface area contributed by atoms with Crippen LogP contribution in [0.5, 0.6) is 11.5 Å². The van der Waals surface area contributed by atoms with Crippen LogP contribution < -0.4 is 14.8 Å². The van der Waals surface area contributed by atoms with Gasteiger partial charge in [-0.1, -0.05) is 24.6 Å². The van der Waals surface area contributed by atoms with E-state index in [-0.39, 0.29) is 17.6 Å². The van der Waals surface area contributed by atoms with Gasteiger partial charge < -0.3 is 19.8 Å². The molecule has 1 aliphatic carbocycles. The predicted molar refractivity (Wildman–Crippen MR) is 136 cm³/mol. The van der Waals surface area contributed by atoms with Crippen molar-refractivity contribution in [3.63, 3.8) is 0 Å². The fourth-order valence-corrected chi connectivity index (χ4v) is 4.58. The van der Waals surface area contributed by atoms with Crippen molar-refractivity contribution in [1.29, 1.82) is 0 Å². The number of aryl methyl sites for hydroxylation is 1. The molecule has 1 aliphatic rings. The number of alkyl halides is 2. The summed E-state index contributed by atoms with van der Waals surface area (Å²) in [6, 6.07) is 12.2. The average Bonchev–Trinajstić information content (AvgIpc) is 3.30. The monoisotopic (exact) mass is 506 g/mol. The second kappa shape index (κ2) is 10.5. The van der Waals surface area contributed by atoms with E-state index in [1.165, 1.54) is 31.4 Å². The SMILES string of the molecule is Cc1ccc(OC(=O)c2ncc3[nH]ccc3n2)c(Cc2ccc(OC(F)F)cc2)c1N[C@H](C)C1CCC1. The molecular weight excluding hydrogens is 478 g/mol. The maximum absolute atomic E-state index is 13.0. The van der Waals surface area contributed by atoms with Crippen molar-refractivity contribution in [3.05, 3.63) is 77.4 Å². The van der Waals surface area contributed by atoms with Crippen LogP contribution in [0, 0.1) is 12.8 Å². The van der Waals surface area contributed by atoms with E-state index in [1.807, 2.05) is 13.0 Å². The van der Waals surface area contributed by atoms with E-state index < -0.39 is 12.6 Å². The van der Waals surface area contributed by atoms with Crippen LogP contribution >= 0.6 is 0 Å². The van der Waals surface area contributed by atoms with Gasteiger partial charge in [-0.15, -0.1) is 0 Å². The lowest BCUT2D eigenvalue weighted by Gasteiger charge is -2.33. The number of carbonyl (C=O) groups excluding carboxylic acids is 1. The van der Waals surface area contributed by atoms with Crippen molar-refractivity contribution in [2.75, 3.05) is 5.32 Å². The van der Waals surface area contributed by atoms with Gasteiger partial charge in [-0.05, 0) is 68.0 Å². The van der Waals surface area contributed by atoms with Crippen LogP contribution in [0.4, 0.5) is 14.5 Å². The number of ether oxygens (including phenoxy) is 2. The number of esters is 1. The summed E-state index contributed by atoms with van der Waals surface area (Å²) in [6.45, 7) is 1.29. The Labute approximate surface area is 213 Å². The first kappa shape index (κ1) is 24.7. The molecule has 1 atom stereocenters. The molecule has 2 aromatic heterocycles. The smallest absolute Gasteiger partial charge is 0.387 e. The first-order valence-corrected chi connectivity index (χ1v) is 12.3. The number of fused-ring (bicyclic) bond motifs is 1. The molecule has 0 amide bonds. The van der Waals surface area contributed by atoms with Crippen LogP contribution in [0.2, 0.25) is 0 Å². The first-order valence-electron chi connectivity index (χ1n) is 12.3. The van der Waals surface area contributed by atoms with E-state index in [4.69, 9.17) is 4.74 Å². The molecule has 0 aliphatic heterocycles. The lowest BCUT2D eigenvalue weighted by atomic mass is 9.80. The Morgan fingerprint density at radius 1 is 1.16 bits per heavy atom. The summed E-state index contributed by atoms with van der Waals surface area (Å²) in [6.07, 6.45) is 7.29. The van der Waals surface area contributed by atoms with Gasteiger partial charge >= 0.3 is 12.6 Å². The first-order chi connectivity index (χ1) is 17.9. The number of anilines is 1. The molecule has 0 radical (unpaired) electrons. The minimum atomic E-state index is -2.88. The molecule has 2 heterocycles. The zero-order valence-corrected chi connectivity index (χ0v) is 20.6. The number of nitrogens with zero attached hydrogens (tertiary/aromatic N) is 2.